The van der Waals surface area contributed by atoms with Gasteiger partial charge in [-0.2, -0.15) is 0 Å². The summed E-state index contributed by atoms with van der Waals surface area (Å²) in [5.74, 6) is -0.156. The van der Waals surface area contributed by atoms with Gasteiger partial charge in [0.1, 0.15) is 6.61 Å². The molecule has 12 heteroatoms. The molecule has 0 aliphatic rings. The molecule has 0 aliphatic heterocycles. The van der Waals surface area contributed by atoms with Crippen LogP contribution in [0.4, 0.5) is 0 Å². The molecular formula is C30H62O11Si. The molecule has 0 amide bonds. The van der Waals surface area contributed by atoms with Gasteiger partial charge in [0.15, 0.2) is 8.32 Å². The van der Waals surface area contributed by atoms with E-state index in [9.17, 15) is 4.79 Å². The summed E-state index contributed by atoms with van der Waals surface area (Å²) in [6, 6.07) is 0. The number of hydrogen-bond acceptors (Lipinski definition) is 11. The fourth-order valence-corrected chi connectivity index (χ4v) is 4.05. The normalized spacial score (nSPS) is 12.2. The minimum absolute atomic E-state index is 0.156. The van der Waals surface area contributed by atoms with Crippen molar-refractivity contribution in [2.24, 2.45) is 0 Å². The molecule has 0 rings (SSSR count). The van der Waals surface area contributed by atoms with E-state index in [4.69, 9.17) is 47.1 Å². The van der Waals surface area contributed by atoms with E-state index in [0.717, 1.165) is 19.3 Å². The van der Waals surface area contributed by atoms with Gasteiger partial charge in [-0.25, -0.2) is 0 Å². The van der Waals surface area contributed by atoms with E-state index >= 15 is 0 Å². The molecule has 0 aromatic rings. The van der Waals surface area contributed by atoms with Crippen LogP contribution in [0, 0.1) is 0 Å². The fraction of sp³-hybridized carbons (Fsp3) is 0.967. The highest BCUT2D eigenvalue weighted by atomic mass is 28.4. The SMILES string of the molecule is CCCCCC(=O)OCCOCCOCCOCCOCCOCCOCCOCCOCCO[Si](C)(C)C(C)(C)C. The van der Waals surface area contributed by atoms with Gasteiger partial charge >= 0.3 is 5.97 Å². The number of esters is 1. The first kappa shape index (κ1) is 41.3. The minimum atomic E-state index is -1.70. The molecule has 0 heterocycles. The molecule has 0 N–H and O–H groups in total. The minimum Gasteiger partial charge on any atom is -0.463 e. The lowest BCUT2D eigenvalue weighted by molar-refractivity contribution is -0.145. The van der Waals surface area contributed by atoms with Crippen LogP contribution in [-0.2, 0) is 51.9 Å². The average Bonchev–Trinajstić information content (AvgIpc) is 2.94. The van der Waals surface area contributed by atoms with Gasteiger partial charge in [-0.3, -0.25) is 4.79 Å². The highest BCUT2D eigenvalue weighted by Gasteiger charge is 2.36. The van der Waals surface area contributed by atoms with Crippen molar-refractivity contribution >= 4 is 14.3 Å². The Morgan fingerprint density at radius 2 is 0.810 bits per heavy atom. The van der Waals surface area contributed by atoms with Gasteiger partial charge in [0.05, 0.1) is 112 Å². The third kappa shape index (κ3) is 28.1. The van der Waals surface area contributed by atoms with Gasteiger partial charge in [0.25, 0.3) is 0 Å². The third-order valence-corrected chi connectivity index (χ3v) is 11.1. The molecule has 0 aromatic heterocycles. The van der Waals surface area contributed by atoms with Gasteiger partial charge in [0.2, 0.25) is 0 Å². The van der Waals surface area contributed by atoms with Crippen LogP contribution in [0.1, 0.15) is 53.4 Å². The first-order valence-corrected chi connectivity index (χ1v) is 18.5. The summed E-state index contributed by atoms with van der Waals surface area (Å²) in [5.41, 5.74) is 0. The first-order chi connectivity index (χ1) is 20.2. The van der Waals surface area contributed by atoms with Crippen molar-refractivity contribution in [1.82, 2.24) is 0 Å². The highest BCUT2D eigenvalue weighted by Crippen LogP contribution is 2.36. The lowest BCUT2D eigenvalue weighted by Gasteiger charge is -2.36. The standard InChI is InChI=1S/C30H62O11Si/c1-7-8-9-10-29(31)40-27-25-38-23-21-36-19-17-34-15-13-32-11-12-33-14-16-35-18-20-37-22-24-39-26-28-41-42(5,6)30(2,3)4/h7-28H2,1-6H3. The zero-order valence-corrected chi connectivity index (χ0v) is 28.5. The Labute approximate surface area is 256 Å². The predicted octanol–water partition coefficient (Wildman–Crippen LogP) is 4.26. The second-order valence-corrected chi connectivity index (χ2v) is 16.0. The molecule has 0 spiro atoms. The van der Waals surface area contributed by atoms with Crippen LogP contribution in [0.15, 0.2) is 0 Å². The Bertz CT molecular complexity index is 588. The quantitative estimate of drug-likeness (QED) is 0.0607. The first-order valence-electron chi connectivity index (χ1n) is 15.6. The van der Waals surface area contributed by atoms with Crippen molar-refractivity contribution in [1.29, 1.82) is 0 Å². The van der Waals surface area contributed by atoms with E-state index in [1.165, 1.54) is 0 Å². The summed E-state index contributed by atoms with van der Waals surface area (Å²) in [5, 5.41) is 0.217. The molecule has 0 unspecified atom stereocenters. The predicted molar refractivity (Wildman–Crippen MR) is 165 cm³/mol. The summed E-state index contributed by atoms with van der Waals surface area (Å²) in [7, 11) is -1.70. The molecule has 0 aromatic carbocycles. The van der Waals surface area contributed by atoms with Crippen LogP contribution in [0.25, 0.3) is 0 Å². The van der Waals surface area contributed by atoms with Crippen LogP contribution in [0.3, 0.4) is 0 Å². The largest absolute Gasteiger partial charge is 0.463 e. The number of carbonyl (C=O) groups excluding carboxylic acids is 1. The maximum Gasteiger partial charge on any atom is 0.305 e. The Hall–Kier alpha value is -0.673. The molecule has 11 nitrogen and oxygen atoms in total. The summed E-state index contributed by atoms with van der Waals surface area (Å²) >= 11 is 0. The molecule has 0 radical (unpaired) electrons. The Morgan fingerprint density at radius 3 is 1.12 bits per heavy atom. The zero-order valence-electron chi connectivity index (χ0n) is 27.5. The number of ether oxygens (including phenoxy) is 9. The topological polar surface area (TPSA) is 109 Å². The van der Waals surface area contributed by atoms with E-state index < -0.39 is 8.32 Å². The lowest BCUT2D eigenvalue weighted by atomic mass is 10.2. The van der Waals surface area contributed by atoms with Crippen molar-refractivity contribution < 1.29 is 51.9 Å². The molecule has 0 saturated heterocycles. The van der Waals surface area contributed by atoms with Gasteiger partial charge < -0.3 is 47.1 Å². The number of unbranched alkanes of at least 4 members (excludes halogenated alkanes) is 2. The van der Waals surface area contributed by atoms with E-state index in [2.05, 4.69) is 40.8 Å². The van der Waals surface area contributed by atoms with Gasteiger partial charge in [-0.05, 0) is 24.6 Å². The maximum atomic E-state index is 11.4. The van der Waals surface area contributed by atoms with Gasteiger partial charge in [-0.15, -0.1) is 0 Å². The number of hydrogen-bond donors (Lipinski definition) is 0. The second-order valence-electron chi connectivity index (χ2n) is 11.2. The summed E-state index contributed by atoms with van der Waals surface area (Å²) in [4.78, 5) is 11.4. The van der Waals surface area contributed by atoms with E-state index in [1.807, 2.05) is 0 Å². The maximum absolute atomic E-state index is 11.4. The molecule has 252 valence electrons. The number of rotatable bonds is 32. The van der Waals surface area contributed by atoms with Crippen molar-refractivity contribution in [3.63, 3.8) is 0 Å². The molecule has 42 heavy (non-hydrogen) atoms. The Morgan fingerprint density at radius 1 is 0.500 bits per heavy atom. The highest BCUT2D eigenvalue weighted by molar-refractivity contribution is 6.74. The Balaban J connectivity index is 3.16. The van der Waals surface area contributed by atoms with Gasteiger partial charge in [-0.1, -0.05) is 40.5 Å². The van der Waals surface area contributed by atoms with E-state index in [-0.39, 0.29) is 17.6 Å². The molecule has 0 saturated carbocycles. The summed E-state index contributed by atoms with van der Waals surface area (Å²) in [6.07, 6.45) is 3.51. The zero-order chi connectivity index (χ0) is 31.2. The lowest BCUT2D eigenvalue weighted by Crippen LogP contribution is -2.41. The van der Waals surface area contributed by atoms with Gasteiger partial charge in [0, 0.05) is 6.42 Å². The molecule has 0 bridgehead atoms. The fourth-order valence-electron chi connectivity index (χ4n) is 3.02. The van der Waals surface area contributed by atoms with Crippen LogP contribution in [0.2, 0.25) is 18.1 Å². The van der Waals surface area contributed by atoms with E-state index in [0.29, 0.717) is 119 Å². The van der Waals surface area contributed by atoms with Crippen LogP contribution >= 0.6 is 0 Å². The van der Waals surface area contributed by atoms with Crippen molar-refractivity contribution in [2.75, 3.05) is 119 Å². The molecule has 0 atom stereocenters. The third-order valence-electron chi connectivity index (χ3n) is 6.58. The average molecular weight is 627 g/mol. The molecule has 0 fully saturated rings. The molecular weight excluding hydrogens is 564 g/mol. The van der Waals surface area contributed by atoms with Crippen LogP contribution in [0.5, 0.6) is 0 Å². The summed E-state index contributed by atoms with van der Waals surface area (Å²) in [6.45, 7) is 22.3. The second kappa shape index (κ2) is 29.1. The summed E-state index contributed by atoms with van der Waals surface area (Å²) < 4.78 is 55.0. The monoisotopic (exact) mass is 626 g/mol. The van der Waals surface area contributed by atoms with Crippen molar-refractivity contribution in [3.05, 3.63) is 0 Å². The van der Waals surface area contributed by atoms with Crippen LogP contribution < -0.4 is 0 Å². The van der Waals surface area contributed by atoms with E-state index in [1.54, 1.807) is 0 Å². The van der Waals surface area contributed by atoms with Crippen molar-refractivity contribution in [2.45, 2.75) is 71.5 Å². The van der Waals surface area contributed by atoms with Crippen LogP contribution in [-0.4, -0.2) is 133 Å². The molecule has 0 aliphatic carbocycles. The Kier molecular flexibility index (Phi) is 28.6. The smallest absolute Gasteiger partial charge is 0.305 e. The number of carbonyl (C=O) groups is 1. The van der Waals surface area contributed by atoms with Crippen molar-refractivity contribution in [3.8, 4) is 0 Å².